The van der Waals surface area contributed by atoms with Crippen molar-refractivity contribution in [2.24, 2.45) is 0 Å². The normalized spacial score (nSPS) is 23.0. The van der Waals surface area contributed by atoms with Gasteiger partial charge in [-0.2, -0.15) is 0 Å². The fourth-order valence-electron chi connectivity index (χ4n) is 4.36. The zero-order chi connectivity index (χ0) is 17.9. The van der Waals surface area contributed by atoms with Gasteiger partial charge in [-0.3, -0.25) is 14.3 Å². The van der Waals surface area contributed by atoms with Crippen molar-refractivity contribution >= 4 is 16.9 Å². The van der Waals surface area contributed by atoms with Gasteiger partial charge in [0.1, 0.15) is 0 Å². The summed E-state index contributed by atoms with van der Waals surface area (Å²) >= 11 is 0. The van der Waals surface area contributed by atoms with Crippen LogP contribution in [0.5, 0.6) is 0 Å². The first-order valence-corrected chi connectivity index (χ1v) is 9.75. The number of carbonyl (C=O) groups is 1. The first-order chi connectivity index (χ1) is 12.7. The molecule has 2 aromatic rings. The van der Waals surface area contributed by atoms with E-state index >= 15 is 0 Å². The molecule has 0 bridgehead atoms. The maximum Gasteiger partial charge on any atom is 0.251 e. The van der Waals surface area contributed by atoms with Crippen molar-refractivity contribution in [2.45, 2.75) is 63.5 Å². The molecular formula is C19H26N4O3. The smallest absolute Gasteiger partial charge is 0.251 e. The molecule has 7 nitrogen and oxygen atoms in total. The van der Waals surface area contributed by atoms with Crippen LogP contribution in [0.3, 0.4) is 0 Å². The molecule has 1 saturated heterocycles. The van der Waals surface area contributed by atoms with E-state index in [-0.39, 0.29) is 11.9 Å². The fraction of sp³-hybridized carbons (Fsp3) is 0.632. The van der Waals surface area contributed by atoms with Crippen LogP contribution in [0.4, 0.5) is 0 Å². The summed E-state index contributed by atoms with van der Waals surface area (Å²) in [6.07, 6.45) is 10.1. The molecule has 7 heteroatoms. The number of piperidine rings is 1. The van der Waals surface area contributed by atoms with Gasteiger partial charge in [-0.15, -0.1) is 0 Å². The predicted octanol–water partition coefficient (Wildman–Crippen LogP) is 2.38. The van der Waals surface area contributed by atoms with Crippen LogP contribution in [0.1, 0.15) is 61.7 Å². The quantitative estimate of drug-likeness (QED) is 0.672. The predicted molar refractivity (Wildman–Crippen MR) is 96.5 cm³/mol. The molecule has 140 valence electrons. The summed E-state index contributed by atoms with van der Waals surface area (Å²) in [4.78, 5) is 15.6. The number of rotatable bonds is 3. The van der Waals surface area contributed by atoms with Crippen LogP contribution in [-0.4, -0.2) is 41.1 Å². The van der Waals surface area contributed by atoms with Crippen molar-refractivity contribution in [3.63, 3.8) is 0 Å². The molecule has 2 fully saturated rings. The van der Waals surface area contributed by atoms with Crippen LogP contribution in [-0.2, 0) is 0 Å². The van der Waals surface area contributed by atoms with Crippen LogP contribution >= 0.6 is 0 Å². The summed E-state index contributed by atoms with van der Waals surface area (Å²) in [5.41, 5.74) is 1.24. The van der Waals surface area contributed by atoms with Crippen molar-refractivity contribution < 1.29 is 14.3 Å². The third-order valence-corrected chi connectivity index (χ3v) is 5.78. The number of amides is 1. The Bertz CT molecular complexity index is 767. The summed E-state index contributed by atoms with van der Waals surface area (Å²) in [5.74, 6) is -0.111. The van der Waals surface area contributed by atoms with Gasteiger partial charge < -0.3 is 10.5 Å². The molecule has 26 heavy (non-hydrogen) atoms. The van der Waals surface area contributed by atoms with Gasteiger partial charge in [0, 0.05) is 35.4 Å². The Morgan fingerprint density at radius 1 is 1.19 bits per heavy atom. The van der Waals surface area contributed by atoms with E-state index in [1.807, 2.05) is 0 Å². The van der Waals surface area contributed by atoms with Gasteiger partial charge in [0.2, 0.25) is 11.0 Å². The monoisotopic (exact) mass is 358 g/mol. The molecule has 1 aromatic heterocycles. The minimum absolute atomic E-state index is 0.111. The molecule has 0 spiro atoms. The van der Waals surface area contributed by atoms with Crippen molar-refractivity contribution in [3.8, 4) is 0 Å². The molecule has 0 unspecified atom stereocenters. The van der Waals surface area contributed by atoms with E-state index in [1.54, 1.807) is 18.2 Å². The highest BCUT2D eigenvalue weighted by Gasteiger charge is 2.27. The molecule has 1 saturated carbocycles. The van der Waals surface area contributed by atoms with Crippen molar-refractivity contribution in [1.82, 2.24) is 15.4 Å². The van der Waals surface area contributed by atoms with E-state index in [0.717, 1.165) is 25.9 Å². The molecule has 1 aliphatic carbocycles. The van der Waals surface area contributed by atoms with Crippen molar-refractivity contribution in [2.75, 3.05) is 13.1 Å². The second-order valence-corrected chi connectivity index (χ2v) is 7.59. The lowest BCUT2D eigenvalue weighted by Crippen LogP contribution is -2.50. The van der Waals surface area contributed by atoms with E-state index in [4.69, 9.17) is 0 Å². The summed E-state index contributed by atoms with van der Waals surface area (Å²) in [7, 11) is 0. The average molecular weight is 358 g/mol. The fourth-order valence-corrected chi connectivity index (χ4v) is 4.36. The van der Waals surface area contributed by atoms with Gasteiger partial charge in [-0.05, 0) is 49.3 Å². The maximum atomic E-state index is 12.6. The molecule has 1 N–H and O–H groups in total. The zero-order valence-corrected chi connectivity index (χ0v) is 15.0. The number of nitrogens with zero attached hydrogens (tertiary/aromatic N) is 3. The van der Waals surface area contributed by atoms with E-state index in [0.29, 0.717) is 27.5 Å². The zero-order valence-electron chi connectivity index (χ0n) is 15.0. The highest BCUT2D eigenvalue weighted by molar-refractivity contribution is 5.97. The molecule has 1 amide bonds. The molecule has 1 aliphatic heterocycles. The minimum atomic E-state index is -0.111. The maximum absolute atomic E-state index is 12.6. The van der Waals surface area contributed by atoms with Gasteiger partial charge >= 0.3 is 0 Å². The molecule has 4 rings (SSSR count). The van der Waals surface area contributed by atoms with Crippen LogP contribution in [0.25, 0.3) is 11.0 Å². The standard InChI is InChI=1S/C19H26N4O3/c24-19(14-9-10-18-17(12-14)21-26-23(18)25)20-15-6-5-11-22(13-15)16-7-3-1-2-4-8-16/h9-10,12,15-16H,1-8,11,13H2,(H,20,24)/t15-/m0/s1. The first-order valence-electron chi connectivity index (χ1n) is 9.75. The Labute approximate surface area is 152 Å². The summed E-state index contributed by atoms with van der Waals surface area (Å²) in [6, 6.07) is 5.68. The number of aromatic nitrogens is 2. The number of hydrogen-bond donors (Lipinski definition) is 1. The number of carbonyl (C=O) groups excluding carboxylic acids is 1. The molecule has 0 radical (unpaired) electrons. The Kier molecular flexibility index (Phi) is 5.06. The van der Waals surface area contributed by atoms with Gasteiger partial charge in [-0.25, -0.2) is 0 Å². The highest BCUT2D eigenvalue weighted by atomic mass is 16.8. The lowest BCUT2D eigenvalue weighted by atomic mass is 9.99. The molecular weight excluding hydrogens is 332 g/mol. The Balaban J connectivity index is 1.39. The molecule has 1 atom stereocenters. The van der Waals surface area contributed by atoms with Crippen LogP contribution in [0.2, 0.25) is 0 Å². The SMILES string of the molecule is O=C(N[C@H]1CCCN(C2CCCCCC2)C1)c1ccc2c(c1)no[n+]2[O-]. The number of hydrogen-bond acceptors (Lipinski definition) is 5. The third kappa shape index (κ3) is 3.67. The number of benzene rings is 1. The van der Waals surface area contributed by atoms with Crippen LogP contribution in [0.15, 0.2) is 22.8 Å². The topological polar surface area (TPSA) is 85.3 Å². The molecule has 2 heterocycles. The Morgan fingerprint density at radius 3 is 2.81 bits per heavy atom. The Hall–Kier alpha value is -2.15. The minimum Gasteiger partial charge on any atom is -0.359 e. The largest absolute Gasteiger partial charge is 0.359 e. The first kappa shape index (κ1) is 17.3. The van der Waals surface area contributed by atoms with Crippen LogP contribution in [0, 0.1) is 5.21 Å². The van der Waals surface area contributed by atoms with E-state index < -0.39 is 0 Å². The number of likely N-dealkylation sites (tertiary alicyclic amines) is 1. The lowest BCUT2D eigenvalue weighted by molar-refractivity contribution is -0.782. The van der Waals surface area contributed by atoms with Crippen molar-refractivity contribution in [1.29, 1.82) is 0 Å². The summed E-state index contributed by atoms with van der Waals surface area (Å²) in [5, 5.41) is 18.2. The van der Waals surface area contributed by atoms with Gasteiger partial charge in [0.15, 0.2) is 0 Å². The van der Waals surface area contributed by atoms with E-state index in [1.165, 1.54) is 38.5 Å². The van der Waals surface area contributed by atoms with E-state index in [9.17, 15) is 10.0 Å². The average Bonchev–Trinajstić information content (AvgIpc) is 2.86. The third-order valence-electron chi connectivity index (χ3n) is 5.78. The van der Waals surface area contributed by atoms with Gasteiger partial charge in [0.25, 0.3) is 5.91 Å². The van der Waals surface area contributed by atoms with Crippen molar-refractivity contribution in [3.05, 3.63) is 29.0 Å². The number of nitrogens with one attached hydrogen (secondary N) is 1. The Morgan fingerprint density at radius 2 is 2.00 bits per heavy atom. The number of fused-ring (bicyclic) bond motifs is 1. The second kappa shape index (κ2) is 7.61. The summed E-state index contributed by atoms with van der Waals surface area (Å²) in [6.45, 7) is 2.08. The lowest BCUT2D eigenvalue weighted by Gasteiger charge is -2.38. The highest BCUT2D eigenvalue weighted by Crippen LogP contribution is 2.25. The summed E-state index contributed by atoms with van der Waals surface area (Å²) < 4.78 is 4.56. The van der Waals surface area contributed by atoms with Gasteiger partial charge in [0.05, 0.1) is 0 Å². The van der Waals surface area contributed by atoms with E-state index in [2.05, 4.69) is 20.0 Å². The molecule has 1 aromatic carbocycles. The van der Waals surface area contributed by atoms with Gasteiger partial charge in [-0.1, -0.05) is 25.7 Å². The molecule has 2 aliphatic rings. The second-order valence-electron chi connectivity index (χ2n) is 7.59. The van der Waals surface area contributed by atoms with Crippen LogP contribution < -0.4 is 10.2 Å².